The summed E-state index contributed by atoms with van der Waals surface area (Å²) in [5.41, 5.74) is 9.35. The standard InChI is InChI=1S/C16H22N4O/c1-4-12-5-7-13(8-6-12)15-14(11-21)16(17)20(18-15)10-9-19(2)3/h5-8,11H,4,9-10,17H2,1-3H3. The predicted molar refractivity (Wildman–Crippen MR) is 85.4 cm³/mol. The molecule has 1 aromatic heterocycles. The van der Waals surface area contributed by atoms with Gasteiger partial charge in [-0.25, -0.2) is 4.68 Å². The van der Waals surface area contributed by atoms with Gasteiger partial charge < -0.3 is 10.6 Å². The molecule has 112 valence electrons. The number of rotatable bonds is 6. The van der Waals surface area contributed by atoms with Crippen LogP contribution < -0.4 is 5.73 Å². The highest BCUT2D eigenvalue weighted by molar-refractivity contribution is 5.91. The van der Waals surface area contributed by atoms with Crippen molar-refractivity contribution in [3.8, 4) is 11.3 Å². The van der Waals surface area contributed by atoms with Gasteiger partial charge in [0.2, 0.25) is 0 Å². The van der Waals surface area contributed by atoms with E-state index in [9.17, 15) is 4.79 Å². The number of nitrogens with zero attached hydrogens (tertiary/aromatic N) is 3. The maximum atomic E-state index is 11.4. The summed E-state index contributed by atoms with van der Waals surface area (Å²) in [4.78, 5) is 13.4. The van der Waals surface area contributed by atoms with Crippen LogP contribution in [0.15, 0.2) is 24.3 Å². The van der Waals surface area contributed by atoms with Crippen molar-refractivity contribution in [3.63, 3.8) is 0 Å². The summed E-state index contributed by atoms with van der Waals surface area (Å²) in [5.74, 6) is 0.432. The first-order valence-corrected chi connectivity index (χ1v) is 7.12. The van der Waals surface area contributed by atoms with Gasteiger partial charge in [-0.05, 0) is 26.1 Å². The molecule has 0 aliphatic rings. The zero-order valence-corrected chi connectivity index (χ0v) is 12.8. The Labute approximate surface area is 125 Å². The van der Waals surface area contributed by atoms with E-state index in [0.717, 1.165) is 24.8 Å². The molecule has 1 aromatic carbocycles. The van der Waals surface area contributed by atoms with Crippen LogP contribution in [0.2, 0.25) is 0 Å². The van der Waals surface area contributed by atoms with Gasteiger partial charge in [0.05, 0.1) is 12.1 Å². The number of aromatic nitrogens is 2. The molecule has 0 amide bonds. The van der Waals surface area contributed by atoms with Gasteiger partial charge in [-0.1, -0.05) is 31.2 Å². The first-order valence-electron chi connectivity index (χ1n) is 7.12. The molecule has 1 heterocycles. The normalized spacial score (nSPS) is 11.0. The average Bonchev–Trinajstić information content (AvgIpc) is 2.81. The third-order valence-electron chi connectivity index (χ3n) is 3.54. The topological polar surface area (TPSA) is 64.2 Å². The van der Waals surface area contributed by atoms with E-state index in [1.54, 1.807) is 4.68 Å². The SMILES string of the molecule is CCc1ccc(-c2nn(CCN(C)C)c(N)c2C=O)cc1. The highest BCUT2D eigenvalue weighted by atomic mass is 16.1. The van der Waals surface area contributed by atoms with Crippen molar-refractivity contribution in [3.05, 3.63) is 35.4 Å². The van der Waals surface area contributed by atoms with E-state index in [1.807, 2.05) is 26.2 Å². The van der Waals surface area contributed by atoms with Crippen LogP contribution in [0.3, 0.4) is 0 Å². The van der Waals surface area contributed by atoms with Crippen LogP contribution in [0.25, 0.3) is 11.3 Å². The van der Waals surface area contributed by atoms with E-state index in [2.05, 4.69) is 29.1 Å². The molecular formula is C16H22N4O. The number of aryl methyl sites for hydroxylation is 1. The Morgan fingerprint density at radius 1 is 1.29 bits per heavy atom. The molecule has 0 fully saturated rings. The Morgan fingerprint density at radius 2 is 1.95 bits per heavy atom. The lowest BCUT2D eigenvalue weighted by Gasteiger charge is -2.10. The number of anilines is 1. The van der Waals surface area contributed by atoms with Gasteiger partial charge in [-0.3, -0.25) is 4.79 Å². The van der Waals surface area contributed by atoms with E-state index in [-0.39, 0.29) is 0 Å². The quantitative estimate of drug-likeness (QED) is 0.826. The molecule has 0 aliphatic carbocycles. The summed E-state index contributed by atoms with van der Waals surface area (Å²) in [6.45, 7) is 3.59. The Kier molecular flexibility index (Phi) is 4.75. The molecule has 0 unspecified atom stereocenters. The van der Waals surface area contributed by atoms with Gasteiger partial charge in [-0.2, -0.15) is 5.10 Å². The van der Waals surface area contributed by atoms with Crippen LogP contribution >= 0.6 is 0 Å². The smallest absolute Gasteiger partial charge is 0.156 e. The number of nitrogens with two attached hydrogens (primary N) is 1. The van der Waals surface area contributed by atoms with E-state index < -0.39 is 0 Å². The van der Waals surface area contributed by atoms with Gasteiger partial charge in [0.25, 0.3) is 0 Å². The number of nitrogen functional groups attached to an aromatic ring is 1. The minimum atomic E-state index is 0.432. The van der Waals surface area contributed by atoms with E-state index in [0.29, 0.717) is 23.6 Å². The minimum absolute atomic E-state index is 0.432. The second kappa shape index (κ2) is 6.54. The lowest BCUT2D eigenvalue weighted by molar-refractivity contribution is 0.112. The van der Waals surface area contributed by atoms with Crippen LogP contribution in [0, 0.1) is 0 Å². The van der Waals surface area contributed by atoms with Crippen molar-refractivity contribution in [2.45, 2.75) is 19.9 Å². The monoisotopic (exact) mass is 286 g/mol. The summed E-state index contributed by atoms with van der Waals surface area (Å²) >= 11 is 0. The van der Waals surface area contributed by atoms with Crippen molar-refractivity contribution < 1.29 is 4.79 Å². The fraction of sp³-hybridized carbons (Fsp3) is 0.375. The maximum Gasteiger partial charge on any atom is 0.156 e. The summed E-state index contributed by atoms with van der Waals surface area (Å²) in [6, 6.07) is 8.09. The van der Waals surface area contributed by atoms with Gasteiger partial charge in [-0.15, -0.1) is 0 Å². The number of benzene rings is 1. The third kappa shape index (κ3) is 3.31. The summed E-state index contributed by atoms with van der Waals surface area (Å²) < 4.78 is 1.70. The summed E-state index contributed by atoms with van der Waals surface area (Å²) in [7, 11) is 3.98. The zero-order chi connectivity index (χ0) is 15.4. The Morgan fingerprint density at radius 3 is 2.48 bits per heavy atom. The van der Waals surface area contributed by atoms with Crippen molar-refractivity contribution in [2.75, 3.05) is 26.4 Å². The fourth-order valence-electron chi connectivity index (χ4n) is 2.18. The van der Waals surface area contributed by atoms with Gasteiger partial charge in [0, 0.05) is 12.1 Å². The number of likely N-dealkylation sites (N-methyl/N-ethyl adjacent to an activating group) is 1. The molecular weight excluding hydrogens is 264 g/mol. The first kappa shape index (κ1) is 15.3. The minimum Gasteiger partial charge on any atom is -0.383 e. The molecule has 5 heteroatoms. The molecule has 0 atom stereocenters. The Balaban J connectivity index is 2.37. The Bertz CT molecular complexity index is 614. The number of carbonyl (C=O) groups excluding carboxylic acids is 1. The van der Waals surface area contributed by atoms with Crippen LogP contribution in [0.4, 0.5) is 5.82 Å². The second-order valence-corrected chi connectivity index (χ2v) is 5.34. The highest BCUT2D eigenvalue weighted by Crippen LogP contribution is 2.26. The molecule has 0 radical (unpaired) electrons. The zero-order valence-electron chi connectivity index (χ0n) is 12.8. The number of hydrogen-bond acceptors (Lipinski definition) is 4. The third-order valence-corrected chi connectivity index (χ3v) is 3.54. The molecule has 0 saturated carbocycles. The van der Waals surface area contributed by atoms with Crippen molar-refractivity contribution in [1.82, 2.24) is 14.7 Å². The van der Waals surface area contributed by atoms with Crippen LogP contribution in [0.5, 0.6) is 0 Å². The molecule has 0 aliphatic heterocycles. The molecule has 0 bridgehead atoms. The molecule has 2 aromatic rings. The highest BCUT2D eigenvalue weighted by Gasteiger charge is 2.16. The Hall–Kier alpha value is -2.14. The molecule has 5 nitrogen and oxygen atoms in total. The molecule has 21 heavy (non-hydrogen) atoms. The number of hydrogen-bond donors (Lipinski definition) is 1. The molecule has 2 rings (SSSR count). The van der Waals surface area contributed by atoms with Crippen LogP contribution in [-0.2, 0) is 13.0 Å². The summed E-state index contributed by atoms with van der Waals surface area (Å²) in [5, 5.41) is 4.51. The van der Waals surface area contributed by atoms with Crippen molar-refractivity contribution in [1.29, 1.82) is 0 Å². The molecule has 0 spiro atoms. The van der Waals surface area contributed by atoms with E-state index in [4.69, 9.17) is 5.73 Å². The van der Waals surface area contributed by atoms with E-state index >= 15 is 0 Å². The second-order valence-electron chi connectivity index (χ2n) is 5.34. The summed E-state index contributed by atoms with van der Waals surface area (Å²) in [6.07, 6.45) is 1.78. The van der Waals surface area contributed by atoms with Crippen LogP contribution in [-0.4, -0.2) is 41.6 Å². The molecule has 2 N–H and O–H groups in total. The maximum absolute atomic E-state index is 11.4. The predicted octanol–water partition coefficient (Wildman–Crippen LogP) is 2.07. The number of carbonyl (C=O) groups is 1. The first-order chi connectivity index (χ1) is 10.1. The number of aldehydes is 1. The average molecular weight is 286 g/mol. The fourth-order valence-corrected chi connectivity index (χ4v) is 2.18. The largest absolute Gasteiger partial charge is 0.383 e. The lowest BCUT2D eigenvalue weighted by atomic mass is 10.1. The van der Waals surface area contributed by atoms with Gasteiger partial charge in [0.15, 0.2) is 6.29 Å². The van der Waals surface area contributed by atoms with E-state index in [1.165, 1.54) is 5.56 Å². The van der Waals surface area contributed by atoms with Crippen LogP contribution in [0.1, 0.15) is 22.8 Å². The molecule has 0 saturated heterocycles. The van der Waals surface area contributed by atoms with Crippen molar-refractivity contribution in [2.24, 2.45) is 0 Å². The van der Waals surface area contributed by atoms with Gasteiger partial charge >= 0.3 is 0 Å². The van der Waals surface area contributed by atoms with Gasteiger partial charge in [0.1, 0.15) is 11.5 Å². The lowest BCUT2D eigenvalue weighted by Crippen LogP contribution is -2.20. The van der Waals surface area contributed by atoms with Crippen molar-refractivity contribution >= 4 is 12.1 Å².